The minimum atomic E-state index is -1.07. The van der Waals surface area contributed by atoms with E-state index in [0.717, 1.165) is 19.5 Å². The van der Waals surface area contributed by atoms with Gasteiger partial charge in [0.15, 0.2) is 6.10 Å². The molecule has 1 aromatic carbocycles. The van der Waals surface area contributed by atoms with Crippen LogP contribution in [0.1, 0.15) is 59.7 Å². The normalized spacial score (nSPS) is 19.4. The Labute approximate surface area is 224 Å². The second kappa shape index (κ2) is 12.4. The average molecular weight is 546 g/mol. The number of piperidine rings is 1. The monoisotopic (exact) mass is 545 g/mol. The lowest BCUT2D eigenvalue weighted by Crippen LogP contribution is -2.55. The summed E-state index contributed by atoms with van der Waals surface area (Å²) >= 11 is 1.31. The van der Waals surface area contributed by atoms with Crippen LogP contribution < -0.4 is 16.0 Å². The van der Waals surface area contributed by atoms with E-state index in [4.69, 9.17) is 4.74 Å². The average Bonchev–Trinajstić information content (AvgIpc) is 3.61. The van der Waals surface area contributed by atoms with Crippen molar-refractivity contribution in [2.24, 2.45) is 5.92 Å². The van der Waals surface area contributed by atoms with Gasteiger partial charge in [0, 0.05) is 24.5 Å². The highest BCUT2D eigenvalue weighted by Crippen LogP contribution is 2.35. The van der Waals surface area contributed by atoms with Gasteiger partial charge >= 0.3 is 6.09 Å². The smallest absolute Gasteiger partial charge is 0.407 e. The van der Waals surface area contributed by atoms with Gasteiger partial charge in [-0.05, 0) is 75.9 Å². The first-order valence-corrected chi connectivity index (χ1v) is 13.6. The minimum Gasteiger partial charge on any atom is -0.436 e. The van der Waals surface area contributed by atoms with Crippen LogP contribution in [0.15, 0.2) is 29.6 Å². The fraction of sp³-hybridized carbons (Fsp3) is 0.500. The lowest BCUT2D eigenvalue weighted by Gasteiger charge is -2.35. The number of alkyl carbamates (subject to hydrolysis) is 1. The molecule has 10 nitrogen and oxygen atoms in total. The van der Waals surface area contributed by atoms with Crippen molar-refractivity contribution in [3.63, 3.8) is 0 Å². The van der Waals surface area contributed by atoms with E-state index < -0.39 is 30.0 Å². The number of hydrogen-bond acceptors (Lipinski definition) is 8. The molecule has 2 fully saturated rings. The zero-order valence-corrected chi connectivity index (χ0v) is 22.2. The maximum absolute atomic E-state index is 13.9. The summed E-state index contributed by atoms with van der Waals surface area (Å²) in [7, 11) is 1.40. The number of ketones is 1. The lowest BCUT2D eigenvalue weighted by atomic mass is 9.89. The molecule has 2 saturated heterocycles. The van der Waals surface area contributed by atoms with E-state index in [1.54, 1.807) is 10.3 Å². The number of ether oxygens (including phenoxy) is 1. The molecule has 0 aliphatic carbocycles. The molecule has 2 aliphatic heterocycles. The molecular weight excluding hydrogens is 513 g/mol. The van der Waals surface area contributed by atoms with Crippen LogP contribution in [-0.4, -0.2) is 72.4 Å². The Morgan fingerprint density at radius 2 is 1.87 bits per heavy atom. The standard InChI is InChI=1S/C26H32FN5O5S/c1-15(37-26(36)28-2)23(34)31-21(16-9-11-29-12-10-16)25(35)32-13-3-4-20(32)24-30-19(14-38-24)22(33)17-5-7-18(27)8-6-17/h5-8,14-16,20-21,29H,3-4,9-13H2,1-2H3,(H,28,36)(H,31,34)/t15?,20-,21?/m0/s1. The predicted octanol–water partition coefficient (Wildman–Crippen LogP) is 2.41. The number of thiazole rings is 1. The molecule has 2 aromatic rings. The highest BCUT2D eigenvalue weighted by molar-refractivity contribution is 7.10. The molecule has 2 aliphatic rings. The molecule has 0 bridgehead atoms. The number of halogens is 1. The maximum atomic E-state index is 13.9. The minimum absolute atomic E-state index is 0.0759. The lowest BCUT2D eigenvalue weighted by molar-refractivity contribution is -0.141. The Hall–Kier alpha value is -3.38. The highest BCUT2D eigenvalue weighted by Gasteiger charge is 2.40. The van der Waals surface area contributed by atoms with E-state index in [0.29, 0.717) is 36.4 Å². The van der Waals surface area contributed by atoms with E-state index in [9.17, 15) is 23.6 Å². The third-order valence-corrected chi connectivity index (χ3v) is 7.90. The SMILES string of the molecule is CNC(=O)OC(C)C(=O)NC(C(=O)N1CCC[C@H]1c1nc(C(=O)c2ccc(F)cc2)cs1)C1CCNCC1. The summed E-state index contributed by atoms with van der Waals surface area (Å²) in [5, 5.41) is 10.7. The van der Waals surface area contributed by atoms with Crippen LogP contribution in [-0.2, 0) is 14.3 Å². The predicted molar refractivity (Wildman–Crippen MR) is 138 cm³/mol. The molecule has 3 amide bonds. The quantitative estimate of drug-likeness (QED) is 0.435. The zero-order valence-electron chi connectivity index (χ0n) is 21.4. The van der Waals surface area contributed by atoms with Gasteiger partial charge in [0.1, 0.15) is 22.6 Å². The number of benzene rings is 1. The largest absolute Gasteiger partial charge is 0.436 e. The number of carbonyl (C=O) groups is 4. The van der Waals surface area contributed by atoms with Gasteiger partial charge in [-0.3, -0.25) is 14.4 Å². The Morgan fingerprint density at radius 3 is 2.55 bits per heavy atom. The molecule has 0 saturated carbocycles. The first kappa shape index (κ1) is 27.6. The molecule has 0 spiro atoms. The number of nitrogens with one attached hydrogen (secondary N) is 3. The third-order valence-electron chi connectivity index (χ3n) is 6.96. The van der Waals surface area contributed by atoms with Crippen LogP contribution in [0.3, 0.4) is 0 Å². The van der Waals surface area contributed by atoms with Crippen LogP contribution >= 0.6 is 11.3 Å². The van der Waals surface area contributed by atoms with Crippen LogP contribution in [0.4, 0.5) is 9.18 Å². The van der Waals surface area contributed by atoms with Gasteiger partial charge < -0.3 is 25.6 Å². The van der Waals surface area contributed by atoms with Gasteiger partial charge in [0.2, 0.25) is 11.7 Å². The van der Waals surface area contributed by atoms with E-state index in [2.05, 4.69) is 20.9 Å². The molecule has 3 heterocycles. The zero-order chi connectivity index (χ0) is 27.2. The summed E-state index contributed by atoms with van der Waals surface area (Å²) in [4.78, 5) is 57.5. The maximum Gasteiger partial charge on any atom is 0.407 e. The second-order valence-electron chi connectivity index (χ2n) is 9.47. The van der Waals surface area contributed by atoms with Crippen molar-refractivity contribution in [3.05, 3.63) is 51.7 Å². The van der Waals surface area contributed by atoms with Gasteiger partial charge in [-0.15, -0.1) is 11.3 Å². The molecule has 3 atom stereocenters. The molecule has 12 heteroatoms. The van der Waals surface area contributed by atoms with E-state index in [1.165, 1.54) is 49.6 Å². The Morgan fingerprint density at radius 1 is 1.16 bits per heavy atom. The van der Waals surface area contributed by atoms with Crippen LogP contribution in [0, 0.1) is 11.7 Å². The Balaban J connectivity index is 1.51. The van der Waals surface area contributed by atoms with Crippen molar-refractivity contribution >= 4 is 35.0 Å². The molecule has 38 heavy (non-hydrogen) atoms. The van der Waals surface area contributed by atoms with Gasteiger partial charge in [0.05, 0.1) is 6.04 Å². The highest BCUT2D eigenvalue weighted by atomic mass is 32.1. The Bertz CT molecular complexity index is 1170. The molecule has 1 aromatic heterocycles. The number of likely N-dealkylation sites (tertiary alicyclic amines) is 1. The first-order valence-electron chi connectivity index (χ1n) is 12.7. The number of hydrogen-bond donors (Lipinski definition) is 3. The van der Waals surface area contributed by atoms with Crippen molar-refractivity contribution in [2.45, 2.75) is 50.8 Å². The molecule has 4 rings (SSSR count). The topological polar surface area (TPSA) is 130 Å². The van der Waals surface area contributed by atoms with Gasteiger partial charge in [-0.25, -0.2) is 14.2 Å². The second-order valence-corrected chi connectivity index (χ2v) is 10.4. The summed E-state index contributed by atoms with van der Waals surface area (Å²) in [6, 6.07) is 4.21. The third kappa shape index (κ3) is 6.36. The summed E-state index contributed by atoms with van der Waals surface area (Å²) in [5.41, 5.74) is 0.587. The van der Waals surface area contributed by atoms with Crippen LogP contribution in [0.5, 0.6) is 0 Å². The van der Waals surface area contributed by atoms with Crippen LogP contribution in [0.25, 0.3) is 0 Å². The van der Waals surface area contributed by atoms with E-state index >= 15 is 0 Å². The van der Waals surface area contributed by atoms with Crippen molar-refractivity contribution in [2.75, 3.05) is 26.7 Å². The van der Waals surface area contributed by atoms with Crippen LogP contribution in [0.2, 0.25) is 0 Å². The number of rotatable bonds is 8. The molecule has 2 unspecified atom stereocenters. The van der Waals surface area contributed by atoms with Crippen molar-refractivity contribution < 1.29 is 28.3 Å². The summed E-state index contributed by atoms with van der Waals surface area (Å²) < 4.78 is 18.3. The fourth-order valence-electron chi connectivity index (χ4n) is 4.86. The van der Waals surface area contributed by atoms with Gasteiger partial charge in [-0.2, -0.15) is 0 Å². The molecular formula is C26H32FN5O5S. The van der Waals surface area contributed by atoms with Crippen molar-refractivity contribution in [1.29, 1.82) is 0 Å². The Kier molecular flexibility index (Phi) is 9.05. The number of aromatic nitrogens is 1. The van der Waals surface area contributed by atoms with Crippen molar-refractivity contribution in [1.82, 2.24) is 25.8 Å². The molecule has 0 radical (unpaired) electrons. The summed E-state index contributed by atoms with van der Waals surface area (Å²) in [6.07, 6.45) is 1.08. The van der Waals surface area contributed by atoms with E-state index in [1.807, 2.05) is 0 Å². The first-order chi connectivity index (χ1) is 18.3. The number of amides is 3. The number of carbonyl (C=O) groups excluding carboxylic acids is 4. The molecule has 3 N–H and O–H groups in total. The fourth-order valence-corrected chi connectivity index (χ4v) is 5.81. The van der Waals surface area contributed by atoms with E-state index in [-0.39, 0.29) is 29.3 Å². The number of nitrogens with zero attached hydrogens (tertiary/aromatic N) is 2. The van der Waals surface area contributed by atoms with Crippen molar-refractivity contribution in [3.8, 4) is 0 Å². The summed E-state index contributed by atoms with van der Waals surface area (Å²) in [5.74, 6) is -1.56. The molecule has 204 valence electrons. The summed E-state index contributed by atoms with van der Waals surface area (Å²) in [6.45, 7) is 3.44. The van der Waals surface area contributed by atoms with Gasteiger partial charge in [0.25, 0.3) is 5.91 Å². The van der Waals surface area contributed by atoms with Gasteiger partial charge in [-0.1, -0.05) is 0 Å².